The van der Waals surface area contributed by atoms with E-state index in [1.165, 1.54) is 69.9 Å². The van der Waals surface area contributed by atoms with E-state index in [4.69, 9.17) is 47.4 Å². The fraction of sp³-hybridized carbons (Fsp3) is 0.797. The number of nitrogens with zero attached hydrogens (tertiary/aromatic N) is 2. The lowest BCUT2D eigenvalue weighted by atomic mass is 9.88. The van der Waals surface area contributed by atoms with E-state index < -0.39 is 235 Å². The second-order valence-electron chi connectivity index (χ2n) is 27.7. The molecule has 15 unspecified atom stereocenters. The SMILES string of the molecule is CCCCCCCCCCCCCCCCCC(=O)N[C@@H](CO[C@@H]1OC(CO)[C@@H](O[C@@H]2OC(CO)[C@H](OC3OC(CO)[C@H](O)C(O[C@@H]4OC(CO)[C@H](O)C(O)C4O)C3NC(C)=O)C(O[C@]3(C=O)CC(O)[C@@H](NC(C)=O)C([C@H](O)[C@H](O)CO)O3)C2O)C(O)C1O)[C@H](O)/C=C\c1nnc(-c2ccc(C)cc2)[nH]1. The summed E-state index contributed by atoms with van der Waals surface area (Å²) in [5.74, 6) is -4.45. The number of ether oxygens (including phenoxy) is 10. The smallest absolute Gasteiger partial charge is 0.229 e. The van der Waals surface area contributed by atoms with Gasteiger partial charge in [0.05, 0.1) is 63.9 Å². The van der Waals surface area contributed by atoms with Crippen molar-refractivity contribution >= 4 is 30.1 Å². The average Bonchev–Trinajstić information content (AvgIpc) is 1.06. The van der Waals surface area contributed by atoms with Crippen molar-refractivity contribution in [2.75, 3.05) is 39.6 Å². The molecular weight excluding hydrogens is 1390 g/mol. The zero-order valence-corrected chi connectivity index (χ0v) is 59.7. The zero-order chi connectivity index (χ0) is 76.7. The molecule has 0 bridgehead atoms. The fourth-order valence-electron chi connectivity index (χ4n) is 13.5. The summed E-state index contributed by atoms with van der Waals surface area (Å²) >= 11 is 0. The summed E-state index contributed by atoms with van der Waals surface area (Å²) in [5.41, 5.74) is 1.76. The number of aryl methyl sites for hydroxylation is 1. The minimum Gasteiger partial charge on any atom is -0.394 e. The number of unbranched alkanes of at least 4 members (excludes halogenated alkanes) is 14. The lowest BCUT2D eigenvalue weighted by Crippen LogP contribution is -2.71. The molecule has 0 saturated carbocycles. The van der Waals surface area contributed by atoms with E-state index in [2.05, 4.69) is 38.1 Å². The maximum atomic E-state index is 13.6. The molecule has 20 N–H and O–H groups in total. The van der Waals surface area contributed by atoms with Gasteiger partial charge in [0.15, 0.2) is 43.1 Å². The number of H-pyrrole nitrogens is 1. The average molecular weight is 1510 g/mol. The number of hydrogen-bond donors (Lipinski definition) is 20. The van der Waals surface area contributed by atoms with E-state index in [0.717, 1.165) is 57.1 Å². The second-order valence-corrected chi connectivity index (χ2v) is 27.7. The van der Waals surface area contributed by atoms with E-state index in [1.54, 1.807) is 0 Å². The summed E-state index contributed by atoms with van der Waals surface area (Å²) in [5, 5.41) is 194. The first kappa shape index (κ1) is 87.4. The van der Waals surface area contributed by atoms with Crippen molar-refractivity contribution in [2.24, 2.45) is 0 Å². The standard InChI is InChI=1S/C69H112N6O30/c1-5-6-7-8-9-10-11-12-13-14-15-16-17-18-19-20-48(87)72-39(40(84)25-26-47-73-64(75-74-47)38-23-21-35(2)22-24-38)33-96-66-57(94)55(92)59(45(31-79)99-66)101-68-58(95)63(105-69(34-81)27-41(85)49(70-36(3)82)62(104-69)51(88)42(86)28-76)60(46(32-80)100-68)102-65-50(71-37(4)83)61(53(90)44(30-78)97-65)103-67-56(93)54(91)52(89)43(29-77)98-67/h21-26,34,39-46,49-63,65-68,76-80,84-86,88-95H,5-20,27-33H2,1-4H3,(H,70,82)(H,71,83)(H,72,87)(H,73,74,75)/b26-25-/t39-,40+,41?,42+,43?,44?,45?,46?,49+,50?,51+,52-,53-,54?,55?,56?,57?,58?,59+,60-,61?,62?,63?,65?,66+,67-,68-,69-/m0/s1. The molecular formula is C69H112N6O30. The van der Waals surface area contributed by atoms with Gasteiger partial charge in [-0.05, 0) is 19.4 Å². The Morgan fingerprint density at radius 1 is 0.600 bits per heavy atom. The molecule has 1 aromatic carbocycles. The largest absolute Gasteiger partial charge is 0.394 e. The molecule has 5 aliphatic heterocycles. The minimum atomic E-state index is -2.96. The van der Waals surface area contributed by atoms with Crippen LogP contribution in [-0.4, -0.2) is 332 Å². The molecule has 0 aliphatic carbocycles. The van der Waals surface area contributed by atoms with Crippen LogP contribution in [0.25, 0.3) is 17.5 Å². The predicted molar refractivity (Wildman–Crippen MR) is 362 cm³/mol. The van der Waals surface area contributed by atoms with Crippen molar-refractivity contribution < 1.29 is 148 Å². The number of nitrogens with one attached hydrogen (secondary N) is 4. The number of hydrogen-bond acceptors (Lipinski definition) is 32. The minimum absolute atomic E-state index is 0.0728. The number of carbonyl (C=O) groups excluding carboxylic acids is 4. The molecule has 28 atom stereocenters. The van der Waals surface area contributed by atoms with Gasteiger partial charge in [0.2, 0.25) is 23.5 Å². The molecule has 36 nitrogen and oxygen atoms in total. The molecule has 5 aliphatic rings. The van der Waals surface area contributed by atoms with Crippen LogP contribution in [0.2, 0.25) is 0 Å². The van der Waals surface area contributed by atoms with E-state index in [0.29, 0.717) is 12.2 Å². The van der Waals surface area contributed by atoms with Gasteiger partial charge < -0.3 is 150 Å². The number of aldehydes is 1. The number of carbonyl (C=O) groups is 4. The summed E-state index contributed by atoms with van der Waals surface area (Å²) in [6.07, 6.45) is -29.9. The zero-order valence-electron chi connectivity index (χ0n) is 59.7. The van der Waals surface area contributed by atoms with Crippen LogP contribution in [-0.2, 0) is 66.5 Å². The van der Waals surface area contributed by atoms with E-state index in [-0.39, 0.29) is 18.5 Å². The number of aromatic nitrogens is 3. The topological polar surface area (TPSA) is 562 Å². The molecule has 0 radical (unpaired) electrons. The van der Waals surface area contributed by atoms with Gasteiger partial charge in [-0.25, -0.2) is 0 Å². The van der Waals surface area contributed by atoms with Crippen molar-refractivity contribution in [1.82, 2.24) is 31.1 Å². The Balaban J connectivity index is 1.12. The number of amides is 3. The number of aliphatic hydroxyl groups excluding tert-OH is 16. The number of aromatic amines is 1. The van der Waals surface area contributed by atoms with E-state index in [1.807, 2.05) is 31.2 Å². The Labute approximate surface area is 608 Å². The summed E-state index contributed by atoms with van der Waals surface area (Å²) in [6.45, 7) is 0.133. The molecule has 6 heterocycles. The Bertz CT molecular complexity index is 2930. The predicted octanol–water partition coefficient (Wildman–Crippen LogP) is -4.38. The van der Waals surface area contributed by atoms with Crippen LogP contribution in [0, 0.1) is 6.92 Å². The molecule has 105 heavy (non-hydrogen) atoms. The maximum Gasteiger partial charge on any atom is 0.229 e. The lowest BCUT2D eigenvalue weighted by Gasteiger charge is -2.52. The molecule has 36 heteroatoms. The first-order chi connectivity index (χ1) is 50.3. The third kappa shape index (κ3) is 24.1. The quantitative estimate of drug-likeness (QED) is 0.0221. The Kier molecular flexibility index (Phi) is 35.7. The van der Waals surface area contributed by atoms with Crippen molar-refractivity contribution in [3.8, 4) is 11.4 Å². The second kappa shape index (κ2) is 42.9. The van der Waals surface area contributed by atoms with Crippen LogP contribution in [0.4, 0.5) is 0 Å². The van der Waals surface area contributed by atoms with Crippen molar-refractivity contribution in [3.63, 3.8) is 0 Å². The van der Waals surface area contributed by atoms with E-state index >= 15 is 0 Å². The van der Waals surface area contributed by atoms with Crippen molar-refractivity contribution in [1.29, 1.82) is 0 Å². The Hall–Kier alpha value is -4.86. The third-order valence-corrected chi connectivity index (χ3v) is 19.4. The lowest BCUT2D eigenvalue weighted by molar-refractivity contribution is -0.400. The molecule has 3 amide bonds. The van der Waals surface area contributed by atoms with Crippen molar-refractivity contribution in [3.05, 3.63) is 41.7 Å². The van der Waals surface area contributed by atoms with Gasteiger partial charge in [0, 0.05) is 32.3 Å². The summed E-state index contributed by atoms with van der Waals surface area (Å²) in [4.78, 5) is 55.9. The molecule has 5 saturated heterocycles. The summed E-state index contributed by atoms with van der Waals surface area (Å²) < 4.78 is 60.4. The molecule has 1 aromatic heterocycles. The third-order valence-electron chi connectivity index (χ3n) is 19.4. The van der Waals surface area contributed by atoms with Gasteiger partial charge in [-0.3, -0.25) is 19.2 Å². The summed E-state index contributed by atoms with van der Waals surface area (Å²) in [7, 11) is 0. The number of aliphatic hydroxyl groups is 16. The van der Waals surface area contributed by atoms with Crippen molar-refractivity contribution in [2.45, 2.75) is 308 Å². The van der Waals surface area contributed by atoms with Crippen LogP contribution in [0.5, 0.6) is 0 Å². The van der Waals surface area contributed by atoms with Gasteiger partial charge in [-0.2, -0.15) is 0 Å². The van der Waals surface area contributed by atoms with E-state index in [9.17, 15) is 101 Å². The monoisotopic (exact) mass is 1500 g/mol. The van der Waals surface area contributed by atoms with Crippen LogP contribution in [0.3, 0.4) is 0 Å². The fourth-order valence-corrected chi connectivity index (χ4v) is 13.5. The highest BCUT2D eigenvalue weighted by Crippen LogP contribution is 2.40. The highest BCUT2D eigenvalue weighted by atomic mass is 16.8. The molecule has 7 rings (SSSR count). The Morgan fingerprint density at radius 3 is 1.70 bits per heavy atom. The van der Waals surface area contributed by atoms with Gasteiger partial charge in [0.1, 0.15) is 116 Å². The van der Waals surface area contributed by atoms with Gasteiger partial charge in [0.25, 0.3) is 0 Å². The maximum absolute atomic E-state index is 13.6. The highest BCUT2D eigenvalue weighted by molar-refractivity contribution is 5.76. The molecule has 5 fully saturated rings. The number of rotatable bonds is 42. The highest BCUT2D eigenvalue weighted by Gasteiger charge is 2.60. The Morgan fingerprint density at radius 2 is 1.11 bits per heavy atom. The summed E-state index contributed by atoms with van der Waals surface area (Å²) in [6, 6.07) is 2.70. The van der Waals surface area contributed by atoms with Crippen LogP contribution in [0.1, 0.15) is 141 Å². The first-order valence-corrected chi connectivity index (χ1v) is 36.3. The van der Waals surface area contributed by atoms with Crippen LogP contribution >= 0.6 is 0 Å². The van der Waals surface area contributed by atoms with Gasteiger partial charge >= 0.3 is 0 Å². The molecule has 598 valence electrons. The van der Waals surface area contributed by atoms with Crippen LogP contribution < -0.4 is 16.0 Å². The van der Waals surface area contributed by atoms with Crippen LogP contribution in [0.15, 0.2) is 30.3 Å². The molecule has 0 spiro atoms. The molecule has 2 aromatic rings. The van der Waals surface area contributed by atoms with Gasteiger partial charge in [-0.1, -0.05) is 133 Å². The normalized spacial score (nSPS) is 35.0. The number of benzene rings is 1. The first-order valence-electron chi connectivity index (χ1n) is 36.3. The van der Waals surface area contributed by atoms with Gasteiger partial charge in [-0.15, -0.1) is 10.2 Å².